The number of hydrogen-bond donors (Lipinski definition) is 0. The lowest BCUT2D eigenvalue weighted by Crippen LogP contribution is -2.32. The molecule has 1 atom stereocenters. The summed E-state index contributed by atoms with van der Waals surface area (Å²) in [6.07, 6.45) is 5.51. The Morgan fingerprint density at radius 2 is 1.97 bits per heavy atom. The van der Waals surface area contributed by atoms with E-state index in [0.717, 1.165) is 35.4 Å². The van der Waals surface area contributed by atoms with Crippen LogP contribution in [-0.2, 0) is 7.05 Å². The van der Waals surface area contributed by atoms with E-state index in [9.17, 15) is 4.79 Å². The van der Waals surface area contributed by atoms with Crippen LogP contribution in [0, 0.1) is 6.92 Å². The minimum Gasteiger partial charge on any atom is -0.347 e. The molecule has 4 rings (SSSR count). The Kier molecular flexibility index (Phi) is 5.05. The molecule has 2 aromatic heterocycles. The third-order valence-corrected chi connectivity index (χ3v) is 5.36. The van der Waals surface area contributed by atoms with E-state index in [-0.39, 0.29) is 11.9 Å². The van der Waals surface area contributed by atoms with Gasteiger partial charge in [0.1, 0.15) is 0 Å². The molecule has 3 heterocycles. The second kappa shape index (κ2) is 7.66. The molecule has 1 unspecified atom stereocenters. The van der Waals surface area contributed by atoms with Gasteiger partial charge >= 0.3 is 0 Å². The second-order valence-electron chi connectivity index (χ2n) is 7.69. The first-order valence-corrected chi connectivity index (χ1v) is 9.86. The third kappa shape index (κ3) is 3.60. The van der Waals surface area contributed by atoms with Crippen LogP contribution in [-0.4, -0.2) is 51.2 Å². The number of benzene rings is 1. The van der Waals surface area contributed by atoms with E-state index in [1.165, 1.54) is 0 Å². The number of anilines is 1. The summed E-state index contributed by atoms with van der Waals surface area (Å²) in [6, 6.07) is 10.0. The molecule has 0 spiro atoms. The molecule has 1 aromatic carbocycles. The molecule has 1 amide bonds. The SMILES string of the molecule is Cc1nn(C)cc1C(=O)N1CCCC1c1nc(N(C)C)ncc1-c1ccccc1. The van der Waals surface area contributed by atoms with Crippen LogP contribution in [0.4, 0.5) is 5.95 Å². The Hall–Kier alpha value is -3.22. The van der Waals surface area contributed by atoms with Crippen molar-refractivity contribution in [3.63, 3.8) is 0 Å². The summed E-state index contributed by atoms with van der Waals surface area (Å²) in [4.78, 5) is 26.6. The van der Waals surface area contributed by atoms with Crippen LogP contribution < -0.4 is 4.90 Å². The molecule has 0 radical (unpaired) electrons. The van der Waals surface area contributed by atoms with Crippen LogP contribution in [0.5, 0.6) is 0 Å². The monoisotopic (exact) mass is 390 g/mol. The van der Waals surface area contributed by atoms with E-state index in [2.05, 4.69) is 22.2 Å². The van der Waals surface area contributed by atoms with Crippen molar-refractivity contribution in [2.24, 2.45) is 7.05 Å². The predicted octanol–water partition coefficient (Wildman–Crippen LogP) is 3.23. The summed E-state index contributed by atoms with van der Waals surface area (Å²) in [5.41, 5.74) is 4.35. The van der Waals surface area contributed by atoms with Crippen LogP contribution in [0.25, 0.3) is 11.1 Å². The highest BCUT2D eigenvalue weighted by Crippen LogP contribution is 2.38. The highest BCUT2D eigenvalue weighted by molar-refractivity contribution is 5.95. The lowest BCUT2D eigenvalue weighted by molar-refractivity contribution is 0.0732. The standard InChI is InChI=1S/C22H26N6O/c1-15-18(14-27(4)25-15)21(29)28-12-8-11-19(28)20-17(16-9-6-5-7-10-16)13-23-22(24-20)26(2)3/h5-7,9-10,13-14,19H,8,11-12H2,1-4H3. The summed E-state index contributed by atoms with van der Waals surface area (Å²) < 4.78 is 1.69. The van der Waals surface area contributed by atoms with Gasteiger partial charge in [-0.3, -0.25) is 9.48 Å². The number of amides is 1. The van der Waals surface area contributed by atoms with E-state index in [1.54, 1.807) is 10.9 Å². The Bertz CT molecular complexity index is 1030. The molecule has 0 bridgehead atoms. The average Bonchev–Trinajstić information content (AvgIpc) is 3.33. The summed E-state index contributed by atoms with van der Waals surface area (Å²) in [7, 11) is 5.70. The number of rotatable bonds is 4. The normalized spacial score (nSPS) is 16.3. The van der Waals surface area contributed by atoms with E-state index < -0.39 is 0 Å². The number of nitrogens with zero attached hydrogens (tertiary/aromatic N) is 6. The Morgan fingerprint density at radius 3 is 2.62 bits per heavy atom. The molecular weight excluding hydrogens is 364 g/mol. The largest absolute Gasteiger partial charge is 0.347 e. The number of likely N-dealkylation sites (tertiary alicyclic amines) is 1. The molecule has 29 heavy (non-hydrogen) atoms. The van der Waals surface area contributed by atoms with Crippen LogP contribution in [0.3, 0.4) is 0 Å². The fraction of sp³-hybridized carbons (Fsp3) is 0.364. The van der Waals surface area contributed by atoms with E-state index in [0.29, 0.717) is 18.1 Å². The van der Waals surface area contributed by atoms with Crippen molar-refractivity contribution in [2.75, 3.05) is 25.5 Å². The Morgan fingerprint density at radius 1 is 1.21 bits per heavy atom. The van der Waals surface area contributed by atoms with Gasteiger partial charge in [-0.1, -0.05) is 30.3 Å². The minimum atomic E-state index is -0.0842. The molecular formula is C22H26N6O. The van der Waals surface area contributed by atoms with Gasteiger partial charge in [0.15, 0.2) is 0 Å². The summed E-state index contributed by atoms with van der Waals surface area (Å²) in [5.74, 6) is 0.665. The van der Waals surface area contributed by atoms with Crippen molar-refractivity contribution in [3.05, 3.63) is 59.7 Å². The lowest BCUT2D eigenvalue weighted by Gasteiger charge is -2.26. The number of carbonyl (C=O) groups is 1. The van der Waals surface area contributed by atoms with Crippen LogP contribution in [0.2, 0.25) is 0 Å². The molecule has 0 aliphatic carbocycles. The molecule has 1 aliphatic heterocycles. The smallest absolute Gasteiger partial charge is 0.257 e. The first-order chi connectivity index (χ1) is 14.0. The van der Waals surface area contributed by atoms with Gasteiger partial charge in [-0.15, -0.1) is 0 Å². The number of carbonyl (C=O) groups excluding carboxylic acids is 1. The fourth-order valence-electron chi connectivity index (χ4n) is 3.95. The van der Waals surface area contributed by atoms with E-state index in [4.69, 9.17) is 4.98 Å². The fourth-order valence-corrected chi connectivity index (χ4v) is 3.95. The lowest BCUT2D eigenvalue weighted by atomic mass is 9.99. The zero-order valence-corrected chi connectivity index (χ0v) is 17.3. The Balaban J connectivity index is 1.78. The van der Waals surface area contributed by atoms with Gasteiger partial charge in [0.2, 0.25) is 5.95 Å². The van der Waals surface area contributed by atoms with E-state index >= 15 is 0 Å². The van der Waals surface area contributed by atoms with Gasteiger partial charge in [0, 0.05) is 45.6 Å². The van der Waals surface area contributed by atoms with Gasteiger partial charge in [-0.05, 0) is 25.3 Å². The first kappa shape index (κ1) is 19.1. The molecule has 150 valence electrons. The van der Waals surface area contributed by atoms with Crippen molar-refractivity contribution in [3.8, 4) is 11.1 Å². The Labute approximate surface area is 171 Å². The van der Waals surface area contributed by atoms with Crippen LogP contribution >= 0.6 is 0 Å². The average molecular weight is 390 g/mol. The quantitative estimate of drug-likeness (QED) is 0.684. The van der Waals surface area contributed by atoms with Crippen molar-refractivity contribution in [2.45, 2.75) is 25.8 Å². The molecule has 0 saturated carbocycles. The van der Waals surface area contributed by atoms with Crippen LogP contribution in [0.1, 0.15) is 40.6 Å². The van der Waals surface area contributed by atoms with E-state index in [1.807, 2.05) is 62.3 Å². The summed E-state index contributed by atoms with van der Waals surface area (Å²) in [5, 5.41) is 4.34. The molecule has 0 N–H and O–H groups in total. The number of aryl methyl sites for hydroxylation is 2. The van der Waals surface area contributed by atoms with Crippen molar-refractivity contribution in [1.82, 2.24) is 24.6 Å². The topological polar surface area (TPSA) is 67.2 Å². The van der Waals surface area contributed by atoms with Gasteiger partial charge in [-0.25, -0.2) is 9.97 Å². The summed E-state index contributed by atoms with van der Waals surface area (Å²) >= 11 is 0. The first-order valence-electron chi connectivity index (χ1n) is 9.86. The molecule has 7 heteroatoms. The highest BCUT2D eigenvalue weighted by atomic mass is 16.2. The molecule has 3 aromatic rings. The highest BCUT2D eigenvalue weighted by Gasteiger charge is 2.35. The molecule has 7 nitrogen and oxygen atoms in total. The zero-order chi connectivity index (χ0) is 20.5. The third-order valence-electron chi connectivity index (χ3n) is 5.36. The molecule has 1 saturated heterocycles. The number of hydrogen-bond acceptors (Lipinski definition) is 5. The summed E-state index contributed by atoms with van der Waals surface area (Å²) in [6.45, 7) is 2.59. The van der Waals surface area contributed by atoms with Crippen molar-refractivity contribution >= 4 is 11.9 Å². The van der Waals surface area contributed by atoms with Crippen LogP contribution in [0.15, 0.2) is 42.7 Å². The van der Waals surface area contributed by atoms with Gasteiger partial charge < -0.3 is 9.80 Å². The van der Waals surface area contributed by atoms with Gasteiger partial charge in [0.05, 0.1) is 23.0 Å². The molecule has 1 aliphatic rings. The number of aromatic nitrogens is 4. The van der Waals surface area contributed by atoms with Gasteiger partial charge in [0.25, 0.3) is 5.91 Å². The van der Waals surface area contributed by atoms with Gasteiger partial charge in [-0.2, -0.15) is 5.10 Å². The maximum Gasteiger partial charge on any atom is 0.257 e. The van der Waals surface area contributed by atoms with Crippen molar-refractivity contribution in [1.29, 1.82) is 0 Å². The molecule has 1 fully saturated rings. The predicted molar refractivity (Wildman–Crippen MR) is 113 cm³/mol. The van der Waals surface area contributed by atoms with Crippen molar-refractivity contribution < 1.29 is 4.79 Å². The second-order valence-corrected chi connectivity index (χ2v) is 7.69. The minimum absolute atomic E-state index is 0.0159. The zero-order valence-electron chi connectivity index (χ0n) is 17.3. The maximum atomic E-state index is 13.4. The maximum absolute atomic E-state index is 13.4.